The maximum atomic E-state index is 5.68. The Morgan fingerprint density at radius 2 is 2.24 bits per heavy atom. The SMILES string of the molecule is COc1c(N)nsc1NCc1ccccc1Br. The Morgan fingerprint density at radius 1 is 1.47 bits per heavy atom. The molecule has 0 spiro atoms. The van der Waals surface area contributed by atoms with Crippen LogP contribution in [-0.4, -0.2) is 11.5 Å². The fourth-order valence-corrected chi connectivity index (χ4v) is 2.53. The van der Waals surface area contributed by atoms with Crippen LogP contribution in [0.1, 0.15) is 5.56 Å². The molecule has 3 N–H and O–H groups in total. The fraction of sp³-hybridized carbons (Fsp3) is 0.182. The minimum absolute atomic E-state index is 0.423. The first-order valence-corrected chi connectivity index (χ1v) is 6.55. The van der Waals surface area contributed by atoms with Crippen LogP contribution >= 0.6 is 27.5 Å². The van der Waals surface area contributed by atoms with Crippen LogP contribution in [0.5, 0.6) is 5.75 Å². The van der Waals surface area contributed by atoms with Crippen LogP contribution in [0.25, 0.3) is 0 Å². The molecule has 0 unspecified atom stereocenters. The molecule has 1 heterocycles. The van der Waals surface area contributed by atoms with Gasteiger partial charge in [0.1, 0.15) is 0 Å². The molecular formula is C11H12BrN3OS. The molecule has 90 valence electrons. The molecule has 0 radical (unpaired) electrons. The van der Waals surface area contributed by atoms with E-state index < -0.39 is 0 Å². The standard InChI is InChI=1S/C11H12BrN3OS/c1-16-9-10(13)15-17-11(9)14-6-7-4-2-3-5-8(7)12/h2-5,14H,6H2,1H3,(H2,13,15). The van der Waals surface area contributed by atoms with Crippen molar-refractivity contribution < 1.29 is 4.74 Å². The van der Waals surface area contributed by atoms with E-state index in [-0.39, 0.29) is 0 Å². The summed E-state index contributed by atoms with van der Waals surface area (Å²) in [5.41, 5.74) is 6.84. The number of nitrogens with zero attached hydrogens (tertiary/aromatic N) is 1. The third-order valence-electron chi connectivity index (χ3n) is 2.28. The average Bonchev–Trinajstić information content (AvgIpc) is 2.69. The van der Waals surface area contributed by atoms with Gasteiger partial charge in [0, 0.05) is 11.0 Å². The zero-order chi connectivity index (χ0) is 12.3. The number of anilines is 2. The maximum Gasteiger partial charge on any atom is 0.197 e. The van der Waals surface area contributed by atoms with E-state index in [1.165, 1.54) is 17.1 Å². The predicted molar refractivity (Wildman–Crippen MR) is 74.5 cm³/mol. The molecule has 0 atom stereocenters. The Labute approximate surface area is 112 Å². The highest BCUT2D eigenvalue weighted by Crippen LogP contribution is 2.35. The van der Waals surface area contributed by atoms with Gasteiger partial charge < -0.3 is 15.8 Å². The Balaban J connectivity index is 2.10. The van der Waals surface area contributed by atoms with Gasteiger partial charge in [0.25, 0.3) is 0 Å². The van der Waals surface area contributed by atoms with Crippen molar-refractivity contribution >= 4 is 38.3 Å². The summed E-state index contributed by atoms with van der Waals surface area (Å²) in [4.78, 5) is 0. The summed E-state index contributed by atoms with van der Waals surface area (Å²) in [5.74, 6) is 1.04. The van der Waals surface area contributed by atoms with Crippen LogP contribution in [0.2, 0.25) is 0 Å². The zero-order valence-corrected chi connectivity index (χ0v) is 11.6. The number of benzene rings is 1. The van der Waals surface area contributed by atoms with Crippen LogP contribution in [0.4, 0.5) is 10.8 Å². The van der Waals surface area contributed by atoms with Crippen LogP contribution in [0.15, 0.2) is 28.7 Å². The van der Waals surface area contributed by atoms with Gasteiger partial charge in [0.2, 0.25) is 0 Å². The lowest BCUT2D eigenvalue weighted by molar-refractivity contribution is 0.419. The Morgan fingerprint density at radius 3 is 2.94 bits per heavy atom. The minimum atomic E-state index is 0.423. The minimum Gasteiger partial charge on any atom is -0.490 e. The van der Waals surface area contributed by atoms with Crippen molar-refractivity contribution in [1.29, 1.82) is 0 Å². The topological polar surface area (TPSA) is 60.2 Å². The zero-order valence-electron chi connectivity index (χ0n) is 9.24. The highest BCUT2D eigenvalue weighted by atomic mass is 79.9. The summed E-state index contributed by atoms with van der Waals surface area (Å²) in [5, 5.41) is 4.11. The van der Waals surface area contributed by atoms with E-state index in [1.807, 2.05) is 24.3 Å². The van der Waals surface area contributed by atoms with E-state index >= 15 is 0 Å². The molecule has 0 bridgehead atoms. The number of hydrogen-bond acceptors (Lipinski definition) is 5. The fourth-order valence-electron chi connectivity index (χ4n) is 1.42. The van der Waals surface area contributed by atoms with Gasteiger partial charge in [0.15, 0.2) is 16.6 Å². The normalized spacial score (nSPS) is 10.2. The average molecular weight is 314 g/mol. The summed E-state index contributed by atoms with van der Waals surface area (Å²) in [6.45, 7) is 0.694. The molecule has 4 nitrogen and oxygen atoms in total. The third-order valence-corrected chi connectivity index (χ3v) is 3.85. The number of hydrogen-bond donors (Lipinski definition) is 2. The molecule has 0 saturated heterocycles. The summed E-state index contributed by atoms with van der Waals surface area (Å²) >= 11 is 4.80. The first-order valence-electron chi connectivity index (χ1n) is 4.98. The highest BCUT2D eigenvalue weighted by molar-refractivity contribution is 9.10. The van der Waals surface area contributed by atoms with Gasteiger partial charge in [-0.2, -0.15) is 4.37 Å². The molecule has 0 amide bonds. The van der Waals surface area contributed by atoms with E-state index in [4.69, 9.17) is 10.5 Å². The van der Waals surface area contributed by atoms with Gasteiger partial charge in [-0.05, 0) is 23.2 Å². The highest BCUT2D eigenvalue weighted by Gasteiger charge is 2.11. The third kappa shape index (κ3) is 2.70. The monoisotopic (exact) mass is 313 g/mol. The van der Waals surface area contributed by atoms with Crippen LogP contribution in [0, 0.1) is 0 Å². The number of halogens is 1. The molecule has 17 heavy (non-hydrogen) atoms. The molecule has 0 aliphatic heterocycles. The summed E-state index contributed by atoms with van der Waals surface area (Å²) in [7, 11) is 1.59. The Hall–Kier alpha value is -1.27. The molecule has 1 aromatic heterocycles. The van der Waals surface area contributed by atoms with E-state index in [1.54, 1.807) is 7.11 Å². The lowest BCUT2D eigenvalue weighted by Gasteiger charge is -2.07. The van der Waals surface area contributed by atoms with Gasteiger partial charge in [-0.25, -0.2) is 0 Å². The second kappa shape index (κ2) is 5.37. The quantitative estimate of drug-likeness (QED) is 0.910. The van der Waals surface area contributed by atoms with Gasteiger partial charge in [-0.1, -0.05) is 34.1 Å². The van der Waals surface area contributed by atoms with E-state index in [0.717, 1.165) is 9.47 Å². The number of nitrogens with two attached hydrogens (primary N) is 1. The Kier molecular flexibility index (Phi) is 3.86. The molecule has 1 aromatic carbocycles. The molecule has 0 saturated carbocycles. The molecule has 2 rings (SSSR count). The molecule has 0 aliphatic rings. The van der Waals surface area contributed by atoms with Crippen molar-refractivity contribution in [2.24, 2.45) is 0 Å². The number of aromatic nitrogens is 1. The van der Waals surface area contributed by atoms with E-state index in [2.05, 4.69) is 25.6 Å². The lowest BCUT2D eigenvalue weighted by atomic mass is 10.2. The maximum absolute atomic E-state index is 5.68. The smallest absolute Gasteiger partial charge is 0.197 e. The number of rotatable bonds is 4. The van der Waals surface area contributed by atoms with Crippen molar-refractivity contribution in [3.8, 4) is 5.75 Å². The first-order chi connectivity index (χ1) is 8.22. The lowest BCUT2D eigenvalue weighted by Crippen LogP contribution is -2.00. The van der Waals surface area contributed by atoms with Crippen LogP contribution < -0.4 is 15.8 Å². The summed E-state index contributed by atoms with van der Waals surface area (Å²) in [6.07, 6.45) is 0. The Bertz CT molecular complexity index is 515. The van der Waals surface area contributed by atoms with Crippen LogP contribution in [0.3, 0.4) is 0 Å². The van der Waals surface area contributed by atoms with Crippen LogP contribution in [-0.2, 0) is 6.54 Å². The van der Waals surface area contributed by atoms with Gasteiger partial charge in [-0.3, -0.25) is 0 Å². The molecule has 0 fully saturated rings. The first kappa shape index (κ1) is 12.2. The second-order valence-electron chi connectivity index (χ2n) is 3.38. The molecule has 0 aliphatic carbocycles. The second-order valence-corrected chi connectivity index (χ2v) is 5.00. The van der Waals surface area contributed by atoms with Gasteiger partial charge in [-0.15, -0.1) is 0 Å². The van der Waals surface area contributed by atoms with Crippen molar-refractivity contribution in [1.82, 2.24) is 4.37 Å². The van der Waals surface area contributed by atoms with Crippen molar-refractivity contribution in [3.05, 3.63) is 34.3 Å². The number of nitrogens with one attached hydrogen (secondary N) is 1. The number of nitrogen functional groups attached to an aromatic ring is 1. The van der Waals surface area contributed by atoms with E-state index in [9.17, 15) is 0 Å². The summed E-state index contributed by atoms with van der Waals surface area (Å²) in [6, 6.07) is 8.04. The molecule has 6 heteroatoms. The molecular weight excluding hydrogens is 302 g/mol. The largest absolute Gasteiger partial charge is 0.490 e. The van der Waals surface area contributed by atoms with Gasteiger partial charge >= 0.3 is 0 Å². The van der Waals surface area contributed by atoms with Gasteiger partial charge in [0.05, 0.1) is 7.11 Å². The van der Waals surface area contributed by atoms with Crippen molar-refractivity contribution in [2.75, 3.05) is 18.2 Å². The van der Waals surface area contributed by atoms with E-state index in [0.29, 0.717) is 18.1 Å². The number of methoxy groups -OCH3 is 1. The summed E-state index contributed by atoms with van der Waals surface area (Å²) < 4.78 is 10.3. The van der Waals surface area contributed by atoms with Crippen molar-refractivity contribution in [3.63, 3.8) is 0 Å². The number of ether oxygens (including phenoxy) is 1. The predicted octanol–water partition coefficient (Wildman–Crippen LogP) is 3.11. The van der Waals surface area contributed by atoms with Crippen molar-refractivity contribution in [2.45, 2.75) is 6.54 Å². The molecule has 2 aromatic rings.